The maximum absolute atomic E-state index is 14.0. The van der Waals surface area contributed by atoms with Crippen LogP contribution in [0.3, 0.4) is 0 Å². The average molecular weight is 673 g/mol. The fourth-order valence-electron chi connectivity index (χ4n) is 4.82. The molecule has 0 aliphatic rings. The molecule has 3 aromatic carbocycles. The number of para-hydroxylation sites is 2. The Hall–Kier alpha value is -3.37. The summed E-state index contributed by atoms with van der Waals surface area (Å²) in [5.74, 6) is 0.0341. The number of hydrogen-bond acceptors (Lipinski definition) is 5. The second-order valence-corrected chi connectivity index (χ2v) is 13.2. The number of ether oxygens (including phenoxy) is 1. The fraction of sp³-hybridized carbons (Fsp3) is 0.394. The molecule has 10 heteroatoms. The maximum atomic E-state index is 14.0. The van der Waals surface area contributed by atoms with Gasteiger partial charge in [0.15, 0.2) is 0 Å². The molecule has 0 heterocycles. The number of nitrogens with zero attached hydrogens (tertiary/aromatic N) is 2. The van der Waals surface area contributed by atoms with Crippen molar-refractivity contribution >= 4 is 43.5 Å². The van der Waals surface area contributed by atoms with Gasteiger partial charge < -0.3 is 15.0 Å². The van der Waals surface area contributed by atoms with E-state index in [-0.39, 0.29) is 37.7 Å². The summed E-state index contributed by atoms with van der Waals surface area (Å²) >= 11 is 3.51. The minimum atomic E-state index is -3.65. The van der Waals surface area contributed by atoms with Gasteiger partial charge in [0.05, 0.1) is 18.6 Å². The maximum Gasteiger partial charge on any atom is 0.243 e. The Labute approximate surface area is 264 Å². The molecule has 0 unspecified atom stereocenters. The Morgan fingerprint density at radius 1 is 0.930 bits per heavy atom. The second-order valence-electron chi connectivity index (χ2n) is 10.3. The summed E-state index contributed by atoms with van der Waals surface area (Å²) in [5.41, 5.74) is 2.26. The van der Waals surface area contributed by atoms with Gasteiger partial charge in [0.25, 0.3) is 0 Å². The molecule has 0 radical (unpaired) electrons. The molecule has 3 rings (SSSR count). The highest BCUT2D eigenvalue weighted by Gasteiger charge is 2.30. The van der Waals surface area contributed by atoms with Crippen molar-refractivity contribution in [2.75, 3.05) is 30.3 Å². The van der Waals surface area contributed by atoms with Crippen molar-refractivity contribution in [1.82, 2.24) is 10.2 Å². The third kappa shape index (κ3) is 10.7. The molecule has 1 atom stereocenters. The first-order valence-electron chi connectivity index (χ1n) is 14.7. The number of hydrogen-bond donors (Lipinski definition) is 1. The number of amides is 2. The SMILES string of the molecule is CCCCNC(=O)[C@H](Cc1ccccc1)N(Cc1cccc(Br)c1)C(=O)CCCN(c1ccccc1OCC)S(C)(=O)=O. The summed E-state index contributed by atoms with van der Waals surface area (Å²) in [6.07, 6.45) is 3.60. The van der Waals surface area contributed by atoms with Gasteiger partial charge in [-0.05, 0) is 55.2 Å². The molecule has 0 fully saturated rings. The van der Waals surface area contributed by atoms with Crippen LogP contribution in [0.5, 0.6) is 5.75 Å². The minimum Gasteiger partial charge on any atom is -0.492 e. The van der Waals surface area contributed by atoms with Gasteiger partial charge in [-0.2, -0.15) is 0 Å². The highest BCUT2D eigenvalue weighted by atomic mass is 79.9. The van der Waals surface area contributed by atoms with Crippen molar-refractivity contribution in [3.63, 3.8) is 0 Å². The topological polar surface area (TPSA) is 96.0 Å². The lowest BCUT2D eigenvalue weighted by atomic mass is 10.0. The van der Waals surface area contributed by atoms with Crippen LogP contribution in [-0.2, 0) is 32.6 Å². The molecular weight excluding hydrogens is 630 g/mol. The Kier molecular flexibility index (Phi) is 13.5. The predicted octanol–water partition coefficient (Wildman–Crippen LogP) is 5.95. The largest absolute Gasteiger partial charge is 0.492 e. The molecule has 0 bridgehead atoms. The van der Waals surface area contributed by atoms with Gasteiger partial charge in [0, 0.05) is 36.9 Å². The fourth-order valence-corrected chi connectivity index (χ4v) is 6.23. The molecule has 232 valence electrons. The van der Waals surface area contributed by atoms with Crippen LogP contribution < -0.4 is 14.4 Å². The van der Waals surface area contributed by atoms with E-state index >= 15 is 0 Å². The standard InChI is InChI=1S/C33H42BrN3O5S/c1-4-6-21-35-33(39)30(24-26-14-8-7-9-15-26)36(25-27-16-12-17-28(34)23-27)32(38)20-13-22-37(43(3,40)41)29-18-10-11-19-31(29)42-5-2/h7-12,14-19,23,30H,4-6,13,20-22,24-25H2,1-3H3,(H,35,39)/t30-/m0/s1. The third-order valence-corrected chi connectivity index (χ3v) is 8.60. The molecule has 1 N–H and O–H groups in total. The summed E-state index contributed by atoms with van der Waals surface area (Å²) in [5, 5.41) is 3.03. The highest BCUT2D eigenvalue weighted by Crippen LogP contribution is 2.30. The molecule has 43 heavy (non-hydrogen) atoms. The molecule has 0 aromatic heterocycles. The predicted molar refractivity (Wildman–Crippen MR) is 176 cm³/mol. The number of unbranched alkanes of at least 4 members (excludes halogenated alkanes) is 1. The van der Waals surface area contributed by atoms with Crippen LogP contribution >= 0.6 is 15.9 Å². The number of rotatable bonds is 17. The van der Waals surface area contributed by atoms with E-state index in [2.05, 4.69) is 28.2 Å². The zero-order chi connectivity index (χ0) is 31.2. The molecule has 0 spiro atoms. The molecule has 0 aliphatic heterocycles. The van der Waals surface area contributed by atoms with Gasteiger partial charge in [0.2, 0.25) is 21.8 Å². The van der Waals surface area contributed by atoms with Crippen LogP contribution in [0.2, 0.25) is 0 Å². The summed E-state index contributed by atoms with van der Waals surface area (Å²) in [6.45, 7) is 5.14. The number of benzene rings is 3. The van der Waals surface area contributed by atoms with Gasteiger partial charge in [-0.3, -0.25) is 13.9 Å². The highest BCUT2D eigenvalue weighted by molar-refractivity contribution is 9.10. The average Bonchev–Trinajstić information content (AvgIpc) is 2.97. The van der Waals surface area contributed by atoms with E-state index in [1.54, 1.807) is 29.2 Å². The number of halogens is 1. The number of carbonyl (C=O) groups is 2. The van der Waals surface area contributed by atoms with E-state index in [1.165, 1.54) is 4.31 Å². The van der Waals surface area contributed by atoms with Crippen LogP contribution in [0, 0.1) is 0 Å². The summed E-state index contributed by atoms with van der Waals surface area (Å²) in [7, 11) is -3.65. The third-order valence-electron chi connectivity index (χ3n) is 6.93. The van der Waals surface area contributed by atoms with Crippen molar-refractivity contribution in [2.24, 2.45) is 0 Å². The van der Waals surface area contributed by atoms with Crippen LogP contribution in [0.4, 0.5) is 5.69 Å². The minimum absolute atomic E-state index is 0.0599. The zero-order valence-corrected chi connectivity index (χ0v) is 27.6. The Bertz CT molecular complexity index is 1440. The van der Waals surface area contributed by atoms with E-state index < -0.39 is 16.1 Å². The molecule has 0 saturated heterocycles. The molecular formula is C33H42BrN3O5S. The summed E-state index contributed by atoms with van der Waals surface area (Å²) in [6, 6.07) is 23.6. The first-order chi connectivity index (χ1) is 20.6. The van der Waals surface area contributed by atoms with Crippen molar-refractivity contribution in [3.05, 3.63) is 94.5 Å². The summed E-state index contributed by atoms with van der Waals surface area (Å²) in [4.78, 5) is 29.2. The van der Waals surface area contributed by atoms with E-state index in [1.807, 2.05) is 61.5 Å². The van der Waals surface area contributed by atoms with E-state index in [0.29, 0.717) is 31.0 Å². The van der Waals surface area contributed by atoms with Gasteiger partial charge in [-0.15, -0.1) is 0 Å². The van der Waals surface area contributed by atoms with Crippen molar-refractivity contribution in [2.45, 2.75) is 58.5 Å². The van der Waals surface area contributed by atoms with E-state index in [9.17, 15) is 18.0 Å². The van der Waals surface area contributed by atoms with Crippen LogP contribution in [0.25, 0.3) is 0 Å². The Morgan fingerprint density at radius 3 is 2.30 bits per heavy atom. The lowest BCUT2D eigenvalue weighted by Crippen LogP contribution is -2.50. The molecule has 0 saturated carbocycles. The van der Waals surface area contributed by atoms with Gasteiger partial charge in [-0.25, -0.2) is 8.42 Å². The lowest BCUT2D eigenvalue weighted by Gasteiger charge is -2.32. The van der Waals surface area contributed by atoms with Gasteiger partial charge in [-0.1, -0.05) is 83.9 Å². The summed E-state index contributed by atoms with van der Waals surface area (Å²) < 4.78 is 33.5. The second kappa shape index (κ2) is 17.1. The Balaban J connectivity index is 1.89. The number of carbonyl (C=O) groups excluding carboxylic acids is 2. The first-order valence-corrected chi connectivity index (χ1v) is 17.3. The molecule has 2 amide bonds. The quantitative estimate of drug-likeness (QED) is 0.179. The van der Waals surface area contributed by atoms with Gasteiger partial charge in [0.1, 0.15) is 11.8 Å². The lowest BCUT2D eigenvalue weighted by molar-refractivity contribution is -0.141. The molecule has 3 aromatic rings. The van der Waals surface area contributed by atoms with Gasteiger partial charge >= 0.3 is 0 Å². The van der Waals surface area contributed by atoms with E-state index in [4.69, 9.17) is 4.74 Å². The Morgan fingerprint density at radius 2 is 1.63 bits per heavy atom. The van der Waals surface area contributed by atoms with Crippen molar-refractivity contribution in [1.29, 1.82) is 0 Å². The normalized spacial score (nSPS) is 11.9. The number of nitrogens with one attached hydrogen (secondary N) is 1. The monoisotopic (exact) mass is 671 g/mol. The molecule has 8 nitrogen and oxygen atoms in total. The van der Waals surface area contributed by atoms with Crippen molar-refractivity contribution in [3.8, 4) is 5.75 Å². The van der Waals surface area contributed by atoms with Crippen LogP contribution in [-0.4, -0.2) is 57.1 Å². The van der Waals surface area contributed by atoms with Crippen molar-refractivity contribution < 1.29 is 22.7 Å². The smallest absolute Gasteiger partial charge is 0.243 e. The number of sulfonamides is 1. The zero-order valence-electron chi connectivity index (χ0n) is 25.2. The number of anilines is 1. The van der Waals surface area contributed by atoms with E-state index in [0.717, 1.165) is 34.7 Å². The molecule has 0 aliphatic carbocycles. The van der Waals surface area contributed by atoms with Crippen LogP contribution in [0.1, 0.15) is 50.7 Å². The van der Waals surface area contributed by atoms with Crippen LogP contribution in [0.15, 0.2) is 83.3 Å². The first kappa shape index (κ1) is 34.1.